The monoisotopic (exact) mass is 434 g/mol. The maximum atomic E-state index is 12.1. The molecule has 0 aliphatic carbocycles. The van der Waals surface area contributed by atoms with Crippen molar-refractivity contribution >= 4 is 5.97 Å². The normalized spacial score (nSPS) is 16.6. The predicted octanol–water partition coefficient (Wildman–Crippen LogP) is 4.80. The lowest BCUT2D eigenvalue weighted by molar-refractivity contribution is -0.148. The summed E-state index contributed by atoms with van der Waals surface area (Å²) in [4.78, 5) is 18.9. The number of carbonyl (C=O) groups excluding carboxylic acids is 1. The first-order valence-electron chi connectivity index (χ1n) is 11.2. The number of likely N-dealkylation sites (tertiary alicyclic amines) is 1. The molecule has 1 unspecified atom stereocenters. The van der Waals surface area contributed by atoms with Crippen LogP contribution in [0.4, 0.5) is 0 Å². The Balaban J connectivity index is 1.30. The lowest BCUT2D eigenvalue weighted by Gasteiger charge is -2.33. The van der Waals surface area contributed by atoms with Crippen molar-refractivity contribution in [2.75, 3.05) is 20.3 Å². The number of benzene rings is 2. The molecule has 168 valence electrons. The fraction of sp³-hybridized carbons (Fsp3) is 0.385. The number of ether oxygens (including phenoxy) is 2. The number of esters is 1. The molecule has 1 atom stereocenters. The molecule has 0 radical (unpaired) electrons. The molecule has 0 spiro atoms. The number of piperidine rings is 1. The number of nitrogens with zero attached hydrogens (tertiary/aromatic N) is 2. The molecule has 1 fully saturated rings. The molecular weight excluding hydrogens is 404 g/mol. The van der Waals surface area contributed by atoms with E-state index in [0.717, 1.165) is 60.7 Å². The van der Waals surface area contributed by atoms with Crippen LogP contribution in [0.1, 0.15) is 36.3 Å². The van der Waals surface area contributed by atoms with Crippen LogP contribution in [0.3, 0.4) is 0 Å². The molecule has 3 aromatic rings. The third-order valence-electron chi connectivity index (χ3n) is 5.92. The molecule has 2 aromatic carbocycles. The fourth-order valence-electron chi connectivity index (χ4n) is 4.14. The van der Waals surface area contributed by atoms with Crippen LogP contribution in [0.25, 0.3) is 11.5 Å². The van der Waals surface area contributed by atoms with Gasteiger partial charge in [-0.15, -0.1) is 0 Å². The molecule has 32 heavy (non-hydrogen) atoms. The second-order valence-corrected chi connectivity index (χ2v) is 8.14. The van der Waals surface area contributed by atoms with Gasteiger partial charge in [0.1, 0.15) is 17.6 Å². The van der Waals surface area contributed by atoms with Crippen LogP contribution >= 0.6 is 0 Å². The van der Waals surface area contributed by atoms with E-state index in [-0.39, 0.29) is 12.0 Å². The van der Waals surface area contributed by atoms with Gasteiger partial charge in [-0.05, 0) is 56.1 Å². The Morgan fingerprint density at radius 3 is 2.66 bits per heavy atom. The van der Waals surface area contributed by atoms with E-state index in [4.69, 9.17) is 13.9 Å². The second-order valence-electron chi connectivity index (χ2n) is 8.14. The van der Waals surface area contributed by atoms with Gasteiger partial charge in [-0.3, -0.25) is 9.69 Å². The first-order valence-corrected chi connectivity index (χ1v) is 11.2. The van der Waals surface area contributed by atoms with Crippen molar-refractivity contribution in [1.82, 2.24) is 9.88 Å². The standard InChI is InChI=1S/C26H30N2O4/c1-19-23(27-25(32-19)21-8-4-3-5-9-21)15-17-31-22-13-11-20(12-14-22)18-28-16-7-6-10-24(28)26(29)30-2/h3-5,8-9,11-14,24H,6-7,10,15-18H2,1-2H3. The van der Waals surface area contributed by atoms with Gasteiger partial charge in [0, 0.05) is 18.5 Å². The van der Waals surface area contributed by atoms with Gasteiger partial charge in [0.2, 0.25) is 5.89 Å². The summed E-state index contributed by atoms with van der Waals surface area (Å²) in [6.45, 7) is 4.11. The van der Waals surface area contributed by atoms with E-state index in [1.807, 2.05) is 49.4 Å². The van der Waals surface area contributed by atoms with E-state index >= 15 is 0 Å². The summed E-state index contributed by atoms with van der Waals surface area (Å²) in [5.74, 6) is 2.15. The molecule has 6 heteroatoms. The molecule has 0 bridgehead atoms. The van der Waals surface area contributed by atoms with Gasteiger partial charge in [-0.1, -0.05) is 36.8 Å². The molecule has 1 aliphatic heterocycles. The van der Waals surface area contributed by atoms with E-state index < -0.39 is 0 Å². The van der Waals surface area contributed by atoms with Gasteiger partial charge in [-0.2, -0.15) is 0 Å². The van der Waals surface area contributed by atoms with Crippen LogP contribution in [0.2, 0.25) is 0 Å². The Bertz CT molecular complexity index is 1010. The number of aromatic nitrogens is 1. The minimum Gasteiger partial charge on any atom is -0.493 e. The Labute approximate surface area is 189 Å². The largest absolute Gasteiger partial charge is 0.493 e. The van der Waals surface area contributed by atoms with Crippen molar-refractivity contribution < 1.29 is 18.7 Å². The predicted molar refractivity (Wildman–Crippen MR) is 122 cm³/mol. The number of carbonyl (C=O) groups is 1. The molecule has 1 saturated heterocycles. The average Bonchev–Trinajstić information content (AvgIpc) is 3.21. The number of rotatable bonds is 8. The summed E-state index contributed by atoms with van der Waals surface area (Å²) in [6.07, 6.45) is 3.73. The Morgan fingerprint density at radius 1 is 1.12 bits per heavy atom. The molecule has 1 aliphatic rings. The number of hydrogen-bond acceptors (Lipinski definition) is 6. The Kier molecular flexibility index (Phi) is 7.22. The zero-order valence-electron chi connectivity index (χ0n) is 18.8. The highest BCUT2D eigenvalue weighted by molar-refractivity contribution is 5.75. The van der Waals surface area contributed by atoms with E-state index in [0.29, 0.717) is 18.9 Å². The molecule has 6 nitrogen and oxygen atoms in total. The molecular formula is C26H30N2O4. The number of methoxy groups -OCH3 is 1. The quantitative estimate of drug-likeness (QED) is 0.475. The maximum Gasteiger partial charge on any atom is 0.323 e. The molecule has 4 rings (SSSR count). The van der Waals surface area contributed by atoms with Gasteiger partial charge >= 0.3 is 5.97 Å². The lowest BCUT2D eigenvalue weighted by atomic mass is 10.0. The third-order valence-corrected chi connectivity index (χ3v) is 5.92. The van der Waals surface area contributed by atoms with Crippen molar-refractivity contribution in [3.05, 3.63) is 71.6 Å². The van der Waals surface area contributed by atoms with Crippen molar-refractivity contribution in [1.29, 1.82) is 0 Å². The zero-order valence-corrected chi connectivity index (χ0v) is 18.8. The van der Waals surface area contributed by atoms with Crippen LogP contribution in [-0.2, 0) is 22.5 Å². The van der Waals surface area contributed by atoms with E-state index in [1.54, 1.807) is 0 Å². The third kappa shape index (κ3) is 5.37. The molecule has 0 saturated carbocycles. The summed E-state index contributed by atoms with van der Waals surface area (Å²) in [7, 11) is 1.46. The number of oxazole rings is 1. The minimum atomic E-state index is -0.142. The van der Waals surface area contributed by atoms with Crippen LogP contribution in [0, 0.1) is 6.92 Å². The first-order chi connectivity index (χ1) is 15.6. The van der Waals surface area contributed by atoms with Crippen molar-refractivity contribution in [2.24, 2.45) is 0 Å². The molecule has 1 aromatic heterocycles. The molecule has 0 amide bonds. The second kappa shape index (κ2) is 10.5. The van der Waals surface area contributed by atoms with Crippen LogP contribution in [-0.4, -0.2) is 42.2 Å². The Morgan fingerprint density at radius 2 is 1.91 bits per heavy atom. The highest BCUT2D eigenvalue weighted by Crippen LogP contribution is 2.23. The topological polar surface area (TPSA) is 64.8 Å². The van der Waals surface area contributed by atoms with Crippen molar-refractivity contribution in [2.45, 2.75) is 45.2 Å². The maximum absolute atomic E-state index is 12.1. The smallest absolute Gasteiger partial charge is 0.323 e. The molecule has 2 heterocycles. The fourth-order valence-corrected chi connectivity index (χ4v) is 4.14. The summed E-state index contributed by atoms with van der Waals surface area (Å²) in [5, 5.41) is 0. The van der Waals surface area contributed by atoms with E-state index in [1.165, 1.54) is 7.11 Å². The summed E-state index contributed by atoms with van der Waals surface area (Å²) >= 11 is 0. The van der Waals surface area contributed by atoms with Crippen molar-refractivity contribution in [3.63, 3.8) is 0 Å². The minimum absolute atomic E-state index is 0.136. The van der Waals surface area contributed by atoms with Crippen LogP contribution in [0.5, 0.6) is 5.75 Å². The highest BCUT2D eigenvalue weighted by Gasteiger charge is 2.29. The van der Waals surface area contributed by atoms with E-state index in [9.17, 15) is 4.79 Å². The molecule has 0 N–H and O–H groups in total. The highest BCUT2D eigenvalue weighted by atomic mass is 16.5. The van der Waals surface area contributed by atoms with Crippen LogP contribution < -0.4 is 4.74 Å². The van der Waals surface area contributed by atoms with Gasteiger partial charge in [-0.25, -0.2) is 4.98 Å². The van der Waals surface area contributed by atoms with Gasteiger partial charge < -0.3 is 13.9 Å². The van der Waals surface area contributed by atoms with Crippen molar-refractivity contribution in [3.8, 4) is 17.2 Å². The van der Waals surface area contributed by atoms with Gasteiger partial charge in [0.25, 0.3) is 0 Å². The van der Waals surface area contributed by atoms with Crippen LogP contribution in [0.15, 0.2) is 59.0 Å². The first kappa shape index (κ1) is 22.1. The average molecular weight is 435 g/mol. The number of aryl methyl sites for hydroxylation is 1. The Hall–Kier alpha value is -3.12. The lowest BCUT2D eigenvalue weighted by Crippen LogP contribution is -2.44. The SMILES string of the molecule is COC(=O)C1CCCCN1Cc1ccc(OCCc2nc(-c3ccccc3)oc2C)cc1. The van der Waals surface area contributed by atoms with Gasteiger partial charge in [0.15, 0.2) is 0 Å². The summed E-state index contributed by atoms with van der Waals surface area (Å²) in [5.41, 5.74) is 3.05. The van der Waals surface area contributed by atoms with Gasteiger partial charge in [0.05, 0.1) is 19.4 Å². The summed E-state index contributed by atoms with van der Waals surface area (Å²) < 4.78 is 16.7. The van der Waals surface area contributed by atoms with E-state index in [2.05, 4.69) is 22.0 Å². The zero-order chi connectivity index (χ0) is 22.3. The summed E-state index contributed by atoms with van der Waals surface area (Å²) in [6, 6.07) is 17.9. The number of hydrogen-bond donors (Lipinski definition) is 0.